The van der Waals surface area contributed by atoms with E-state index in [9.17, 15) is 4.79 Å². The number of hydrogen-bond acceptors (Lipinski definition) is 3. The first kappa shape index (κ1) is 19.2. The van der Waals surface area contributed by atoms with Crippen LogP contribution in [0.25, 0.3) is 22.5 Å². The smallest absolute Gasteiger partial charge is 0.227 e. The van der Waals surface area contributed by atoms with Crippen molar-refractivity contribution in [1.82, 2.24) is 4.98 Å². The number of hydrogen-bond donors (Lipinski definition) is 1. The van der Waals surface area contributed by atoms with Crippen LogP contribution in [0.15, 0.2) is 66.7 Å². The van der Waals surface area contributed by atoms with Gasteiger partial charge < -0.3 is 10.1 Å². The van der Waals surface area contributed by atoms with Crippen LogP contribution in [0, 0.1) is 5.92 Å². The third-order valence-electron chi connectivity index (χ3n) is 5.56. The Hall–Kier alpha value is -3.14. The molecule has 1 aliphatic rings. The molecule has 0 aliphatic heterocycles. The number of pyridine rings is 1. The first-order chi connectivity index (χ1) is 14.2. The van der Waals surface area contributed by atoms with Crippen molar-refractivity contribution in [3.63, 3.8) is 0 Å². The van der Waals surface area contributed by atoms with Gasteiger partial charge >= 0.3 is 0 Å². The Kier molecular flexibility index (Phi) is 5.89. The summed E-state index contributed by atoms with van der Waals surface area (Å²) in [6.45, 7) is 0. The molecule has 0 unspecified atom stereocenters. The number of carbonyl (C=O) groups is 1. The number of nitrogens with zero attached hydrogens (tertiary/aromatic N) is 1. The van der Waals surface area contributed by atoms with Crippen molar-refractivity contribution in [2.45, 2.75) is 32.1 Å². The van der Waals surface area contributed by atoms with Crippen LogP contribution in [-0.4, -0.2) is 18.0 Å². The number of aromatic nitrogens is 1. The molecule has 4 heteroatoms. The molecule has 1 aliphatic carbocycles. The summed E-state index contributed by atoms with van der Waals surface area (Å²) >= 11 is 0. The highest BCUT2D eigenvalue weighted by Crippen LogP contribution is 2.27. The molecule has 1 fully saturated rings. The molecule has 1 N–H and O–H groups in total. The fraction of sp³-hybridized carbons (Fsp3) is 0.280. The molecule has 29 heavy (non-hydrogen) atoms. The summed E-state index contributed by atoms with van der Waals surface area (Å²) in [6, 6.07) is 21.8. The summed E-state index contributed by atoms with van der Waals surface area (Å²) in [7, 11) is 1.66. The number of nitrogens with one attached hydrogen (secondary N) is 1. The summed E-state index contributed by atoms with van der Waals surface area (Å²) in [4.78, 5) is 17.2. The molecule has 1 amide bonds. The number of rotatable bonds is 5. The molecule has 0 atom stereocenters. The molecule has 4 nitrogen and oxygen atoms in total. The van der Waals surface area contributed by atoms with Gasteiger partial charge in [-0.3, -0.25) is 4.79 Å². The minimum absolute atomic E-state index is 0.150. The van der Waals surface area contributed by atoms with Crippen LogP contribution in [0.1, 0.15) is 32.1 Å². The normalized spacial score (nSPS) is 14.4. The zero-order valence-electron chi connectivity index (χ0n) is 16.7. The van der Waals surface area contributed by atoms with E-state index in [-0.39, 0.29) is 11.8 Å². The summed E-state index contributed by atoms with van der Waals surface area (Å²) in [5, 5.41) is 3.07. The largest absolute Gasteiger partial charge is 0.497 e. The molecule has 1 saturated carbocycles. The molecule has 0 radical (unpaired) electrons. The van der Waals surface area contributed by atoms with Gasteiger partial charge in [0.05, 0.1) is 18.5 Å². The van der Waals surface area contributed by atoms with Crippen LogP contribution in [0.5, 0.6) is 5.75 Å². The third kappa shape index (κ3) is 4.65. The van der Waals surface area contributed by atoms with E-state index < -0.39 is 0 Å². The highest BCUT2D eigenvalue weighted by Gasteiger charge is 2.20. The van der Waals surface area contributed by atoms with Crippen molar-refractivity contribution >= 4 is 11.6 Å². The SMILES string of the molecule is COc1ccc(-c2cccc(-c3ccc(NC(=O)C4CCCCC4)cc3)n2)cc1. The number of carbonyl (C=O) groups excluding carboxylic acids is 1. The van der Waals surface area contributed by atoms with Gasteiger partial charge in [0.15, 0.2) is 0 Å². The molecule has 1 aromatic heterocycles. The minimum atomic E-state index is 0.150. The fourth-order valence-corrected chi connectivity index (χ4v) is 3.85. The van der Waals surface area contributed by atoms with Crippen LogP contribution in [0.2, 0.25) is 0 Å². The second-order valence-corrected chi connectivity index (χ2v) is 7.54. The van der Waals surface area contributed by atoms with Crippen LogP contribution in [-0.2, 0) is 4.79 Å². The van der Waals surface area contributed by atoms with Crippen molar-refractivity contribution in [3.05, 3.63) is 66.7 Å². The van der Waals surface area contributed by atoms with E-state index in [1.165, 1.54) is 6.42 Å². The molecule has 0 bridgehead atoms. The molecule has 2 aromatic carbocycles. The number of methoxy groups -OCH3 is 1. The van der Waals surface area contributed by atoms with E-state index in [1.54, 1.807) is 7.11 Å². The number of amides is 1. The van der Waals surface area contributed by atoms with Gasteiger partial charge in [0, 0.05) is 22.7 Å². The van der Waals surface area contributed by atoms with Gasteiger partial charge in [0.2, 0.25) is 5.91 Å². The molecule has 3 aromatic rings. The zero-order chi connectivity index (χ0) is 20.1. The zero-order valence-corrected chi connectivity index (χ0v) is 16.7. The minimum Gasteiger partial charge on any atom is -0.497 e. The highest BCUT2D eigenvalue weighted by atomic mass is 16.5. The second-order valence-electron chi connectivity index (χ2n) is 7.54. The second kappa shape index (κ2) is 8.91. The average Bonchev–Trinajstić information content (AvgIpc) is 2.80. The molecule has 148 valence electrons. The van der Waals surface area contributed by atoms with E-state index in [0.29, 0.717) is 0 Å². The maximum absolute atomic E-state index is 12.4. The van der Waals surface area contributed by atoms with E-state index in [4.69, 9.17) is 9.72 Å². The van der Waals surface area contributed by atoms with Crippen molar-refractivity contribution in [2.24, 2.45) is 5.92 Å². The van der Waals surface area contributed by atoms with Crippen molar-refractivity contribution in [2.75, 3.05) is 12.4 Å². The predicted octanol–water partition coefficient (Wildman–Crippen LogP) is 5.94. The third-order valence-corrected chi connectivity index (χ3v) is 5.56. The lowest BCUT2D eigenvalue weighted by Gasteiger charge is -2.20. The van der Waals surface area contributed by atoms with Crippen molar-refractivity contribution in [1.29, 1.82) is 0 Å². The van der Waals surface area contributed by atoms with Crippen molar-refractivity contribution < 1.29 is 9.53 Å². The van der Waals surface area contributed by atoms with Gasteiger partial charge in [0.1, 0.15) is 5.75 Å². The Balaban J connectivity index is 1.47. The molecule has 1 heterocycles. The average molecular weight is 386 g/mol. The summed E-state index contributed by atoms with van der Waals surface area (Å²) in [6.07, 6.45) is 5.58. The molecule has 4 rings (SSSR count). The first-order valence-corrected chi connectivity index (χ1v) is 10.3. The topological polar surface area (TPSA) is 51.2 Å². The van der Waals surface area contributed by atoms with E-state index in [1.807, 2.05) is 66.7 Å². The number of benzene rings is 2. The van der Waals surface area contributed by atoms with Gasteiger partial charge in [0.25, 0.3) is 0 Å². The lowest BCUT2D eigenvalue weighted by atomic mass is 9.88. The number of ether oxygens (including phenoxy) is 1. The quantitative estimate of drug-likeness (QED) is 0.590. The Bertz CT molecular complexity index is 959. The number of anilines is 1. The van der Waals surface area contributed by atoms with E-state index in [0.717, 1.165) is 59.6 Å². The Labute approximate surface area is 172 Å². The lowest BCUT2D eigenvalue weighted by molar-refractivity contribution is -0.120. The first-order valence-electron chi connectivity index (χ1n) is 10.3. The van der Waals surface area contributed by atoms with Crippen LogP contribution < -0.4 is 10.1 Å². The Morgan fingerprint density at radius 2 is 1.45 bits per heavy atom. The Morgan fingerprint density at radius 3 is 2.03 bits per heavy atom. The monoisotopic (exact) mass is 386 g/mol. The van der Waals surface area contributed by atoms with Gasteiger partial charge in [-0.2, -0.15) is 0 Å². The van der Waals surface area contributed by atoms with Crippen molar-refractivity contribution in [3.8, 4) is 28.3 Å². The maximum atomic E-state index is 12.4. The molecule has 0 saturated heterocycles. The van der Waals surface area contributed by atoms with Gasteiger partial charge in [-0.05, 0) is 61.4 Å². The molecular formula is C25H26N2O2. The molecule has 0 spiro atoms. The summed E-state index contributed by atoms with van der Waals surface area (Å²) < 4.78 is 5.22. The predicted molar refractivity (Wildman–Crippen MR) is 117 cm³/mol. The Morgan fingerprint density at radius 1 is 0.862 bits per heavy atom. The van der Waals surface area contributed by atoms with Crippen LogP contribution >= 0.6 is 0 Å². The summed E-state index contributed by atoms with van der Waals surface area (Å²) in [5.41, 5.74) is 4.74. The summed E-state index contributed by atoms with van der Waals surface area (Å²) in [5.74, 6) is 1.14. The highest BCUT2D eigenvalue weighted by molar-refractivity contribution is 5.92. The van der Waals surface area contributed by atoms with Gasteiger partial charge in [-0.1, -0.05) is 37.5 Å². The lowest BCUT2D eigenvalue weighted by Crippen LogP contribution is -2.24. The van der Waals surface area contributed by atoms with E-state index in [2.05, 4.69) is 5.32 Å². The van der Waals surface area contributed by atoms with Gasteiger partial charge in [-0.15, -0.1) is 0 Å². The maximum Gasteiger partial charge on any atom is 0.227 e. The molecular weight excluding hydrogens is 360 g/mol. The van der Waals surface area contributed by atoms with Crippen LogP contribution in [0.4, 0.5) is 5.69 Å². The van der Waals surface area contributed by atoms with Gasteiger partial charge in [-0.25, -0.2) is 4.98 Å². The van der Waals surface area contributed by atoms with E-state index >= 15 is 0 Å². The van der Waals surface area contributed by atoms with Crippen LogP contribution in [0.3, 0.4) is 0 Å². The standard InChI is InChI=1S/C25H26N2O2/c1-29-22-16-12-19(13-17-22)24-9-5-8-23(27-24)18-10-14-21(15-11-18)26-25(28)20-6-3-2-4-7-20/h5,8-17,20H,2-4,6-7H2,1H3,(H,26,28). The fourth-order valence-electron chi connectivity index (χ4n) is 3.85.